The maximum Gasteiger partial charge on any atom is 0.191 e. The fourth-order valence-corrected chi connectivity index (χ4v) is 3.77. The molecule has 0 atom stereocenters. The molecule has 0 aromatic heterocycles. The number of hydrogen-bond acceptors (Lipinski definition) is 3. The van der Waals surface area contributed by atoms with E-state index in [0.717, 1.165) is 38.7 Å². The average molecular weight is 390 g/mol. The van der Waals surface area contributed by atoms with E-state index in [0.29, 0.717) is 12.0 Å². The van der Waals surface area contributed by atoms with Crippen molar-refractivity contribution in [2.24, 2.45) is 10.4 Å². The molecule has 0 saturated heterocycles. The lowest BCUT2D eigenvalue weighted by Gasteiger charge is -2.30. The molecule has 5 nitrogen and oxygen atoms in total. The van der Waals surface area contributed by atoms with Gasteiger partial charge in [-0.05, 0) is 56.6 Å². The Bertz CT molecular complexity index is 578. The van der Waals surface area contributed by atoms with E-state index in [4.69, 9.17) is 9.47 Å². The molecule has 0 spiro atoms. The molecule has 0 bridgehead atoms. The summed E-state index contributed by atoms with van der Waals surface area (Å²) in [7, 11) is 1.84. The van der Waals surface area contributed by atoms with Crippen LogP contribution in [-0.4, -0.2) is 38.9 Å². The fourth-order valence-electron chi connectivity index (χ4n) is 3.77. The van der Waals surface area contributed by atoms with Crippen LogP contribution in [0.4, 0.5) is 0 Å². The van der Waals surface area contributed by atoms with Crippen molar-refractivity contribution < 1.29 is 9.47 Å². The van der Waals surface area contributed by atoms with E-state index in [9.17, 15) is 0 Å². The van der Waals surface area contributed by atoms with Crippen LogP contribution >= 0.6 is 0 Å². The van der Waals surface area contributed by atoms with Gasteiger partial charge in [-0.1, -0.05) is 37.1 Å². The van der Waals surface area contributed by atoms with Gasteiger partial charge < -0.3 is 20.1 Å². The summed E-state index contributed by atoms with van der Waals surface area (Å²) in [5.41, 5.74) is 2.80. The van der Waals surface area contributed by atoms with Gasteiger partial charge in [0.15, 0.2) is 5.96 Å². The Hall–Kier alpha value is -1.59. The molecule has 0 heterocycles. The summed E-state index contributed by atoms with van der Waals surface area (Å²) < 4.78 is 11.3. The number of nitrogens with zero attached hydrogens (tertiary/aromatic N) is 1. The Labute approximate surface area is 171 Å². The number of benzene rings is 1. The van der Waals surface area contributed by atoms with Crippen molar-refractivity contribution in [2.75, 3.05) is 26.8 Å². The van der Waals surface area contributed by atoms with Crippen LogP contribution in [0.1, 0.15) is 64.0 Å². The minimum atomic E-state index is 0.257. The molecular weight excluding hydrogens is 350 g/mol. The van der Waals surface area contributed by atoms with Crippen LogP contribution in [0.5, 0.6) is 0 Å². The number of rotatable bonds is 11. The summed E-state index contributed by atoms with van der Waals surface area (Å²) in [5, 5.41) is 7.00. The van der Waals surface area contributed by atoms with Crippen molar-refractivity contribution in [3.63, 3.8) is 0 Å². The van der Waals surface area contributed by atoms with Gasteiger partial charge in [-0.25, -0.2) is 0 Å². The molecule has 2 N–H and O–H groups in total. The average Bonchev–Trinajstić information content (AvgIpc) is 3.16. The molecule has 28 heavy (non-hydrogen) atoms. The first-order chi connectivity index (χ1) is 13.6. The predicted octanol–water partition coefficient (Wildman–Crippen LogP) is 4.26. The second-order valence-corrected chi connectivity index (χ2v) is 8.11. The molecule has 1 fully saturated rings. The first-order valence-electron chi connectivity index (χ1n) is 10.8. The third-order valence-corrected chi connectivity index (χ3v) is 5.57. The minimum Gasteiger partial charge on any atom is -0.382 e. The van der Waals surface area contributed by atoms with E-state index in [1.807, 2.05) is 7.05 Å². The molecule has 5 heteroatoms. The van der Waals surface area contributed by atoms with E-state index in [2.05, 4.69) is 60.7 Å². The van der Waals surface area contributed by atoms with E-state index >= 15 is 0 Å². The van der Waals surface area contributed by atoms with E-state index in [1.54, 1.807) is 0 Å². The molecule has 0 amide bonds. The van der Waals surface area contributed by atoms with E-state index < -0.39 is 0 Å². The van der Waals surface area contributed by atoms with Crippen LogP contribution in [0, 0.1) is 5.41 Å². The van der Waals surface area contributed by atoms with Crippen LogP contribution in [0.3, 0.4) is 0 Å². The van der Waals surface area contributed by atoms with Gasteiger partial charge in [0.1, 0.15) is 0 Å². The topological polar surface area (TPSA) is 54.9 Å². The third-order valence-electron chi connectivity index (χ3n) is 5.57. The standard InChI is InChI=1S/C23H39N3O2/c1-5-27-15-14-23(12-6-7-13-23)18-26-22(24-4)25-16-20-8-10-21(11-9-20)17-28-19(2)3/h8-11,19H,5-7,12-18H2,1-4H3,(H2,24,25,26). The summed E-state index contributed by atoms with van der Waals surface area (Å²) in [6.07, 6.45) is 6.60. The van der Waals surface area contributed by atoms with Crippen LogP contribution in [0.2, 0.25) is 0 Å². The Morgan fingerprint density at radius 1 is 1.11 bits per heavy atom. The van der Waals surface area contributed by atoms with Crippen molar-refractivity contribution in [3.8, 4) is 0 Å². The fraction of sp³-hybridized carbons (Fsp3) is 0.696. The Balaban J connectivity index is 1.78. The lowest BCUT2D eigenvalue weighted by Crippen LogP contribution is -2.43. The quantitative estimate of drug-likeness (QED) is 0.337. The molecule has 0 radical (unpaired) electrons. The zero-order valence-electron chi connectivity index (χ0n) is 18.2. The number of nitrogens with one attached hydrogen (secondary N) is 2. The molecule has 1 aliphatic carbocycles. The zero-order chi connectivity index (χ0) is 20.2. The van der Waals surface area contributed by atoms with Crippen molar-refractivity contribution in [1.29, 1.82) is 0 Å². The molecule has 1 saturated carbocycles. The third kappa shape index (κ3) is 7.80. The summed E-state index contributed by atoms with van der Waals surface area (Å²) >= 11 is 0. The van der Waals surface area contributed by atoms with Gasteiger partial charge in [0.05, 0.1) is 12.7 Å². The Morgan fingerprint density at radius 3 is 2.39 bits per heavy atom. The Morgan fingerprint density at radius 2 is 1.79 bits per heavy atom. The molecule has 0 unspecified atom stereocenters. The Kier molecular flexibility index (Phi) is 9.79. The van der Waals surface area contributed by atoms with Gasteiger partial charge in [-0.2, -0.15) is 0 Å². The van der Waals surface area contributed by atoms with Gasteiger partial charge >= 0.3 is 0 Å². The van der Waals surface area contributed by atoms with E-state index in [1.165, 1.54) is 36.8 Å². The lowest BCUT2D eigenvalue weighted by molar-refractivity contribution is 0.0657. The van der Waals surface area contributed by atoms with Gasteiger partial charge in [-0.15, -0.1) is 0 Å². The van der Waals surface area contributed by atoms with Crippen LogP contribution < -0.4 is 10.6 Å². The minimum absolute atomic E-state index is 0.257. The highest BCUT2D eigenvalue weighted by atomic mass is 16.5. The van der Waals surface area contributed by atoms with Crippen molar-refractivity contribution in [2.45, 2.75) is 72.1 Å². The first-order valence-corrected chi connectivity index (χ1v) is 10.8. The van der Waals surface area contributed by atoms with Crippen LogP contribution in [0.15, 0.2) is 29.3 Å². The highest BCUT2D eigenvalue weighted by Crippen LogP contribution is 2.40. The maximum absolute atomic E-state index is 5.65. The highest BCUT2D eigenvalue weighted by Gasteiger charge is 2.33. The smallest absolute Gasteiger partial charge is 0.191 e. The number of hydrogen-bond donors (Lipinski definition) is 2. The molecule has 2 rings (SSSR count). The van der Waals surface area contributed by atoms with Gasteiger partial charge in [0, 0.05) is 33.4 Å². The molecule has 158 valence electrons. The number of aliphatic imine (C=N–C) groups is 1. The summed E-state index contributed by atoms with van der Waals surface area (Å²) in [6.45, 7) is 10.2. The SMILES string of the molecule is CCOCCC1(CNC(=NC)NCc2ccc(COC(C)C)cc2)CCCC1. The molecule has 1 aromatic carbocycles. The van der Waals surface area contributed by atoms with Crippen molar-refractivity contribution >= 4 is 5.96 Å². The van der Waals surface area contributed by atoms with Crippen LogP contribution in [0.25, 0.3) is 0 Å². The summed E-state index contributed by atoms with van der Waals surface area (Å²) in [5.74, 6) is 0.870. The van der Waals surface area contributed by atoms with Crippen molar-refractivity contribution in [1.82, 2.24) is 10.6 Å². The largest absolute Gasteiger partial charge is 0.382 e. The number of guanidine groups is 1. The normalized spacial score (nSPS) is 16.5. The van der Waals surface area contributed by atoms with Crippen molar-refractivity contribution in [3.05, 3.63) is 35.4 Å². The van der Waals surface area contributed by atoms with E-state index in [-0.39, 0.29) is 6.10 Å². The monoisotopic (exact) mass is 389 g/mol. The molecular formula is C23H39N3O2. The molecule has 1 aromatic rings. The predicted molar refractivity (Wildman–Crippen MR) is 117 cm³/mol. The number of ether oxygens (including phenoxy) is 2. The molecule has 0 aliphatic heterocycles. The second-order valence-electron chi connectivity index (χ2n) is 8.11. The maximum atomic E-state index is 5.65. The summed E-state index contributed by atoms with van der Waals surface area (Å²) in [4.78, 5) is 4.40. The highest BCUT2D eigenvalue weighted by molar-refractivity contribution is 5.79. The summed E-state index contributed by atoms with van der Waals surface area (Å²) in [6, 6.07) is 8.58. The second kappa shape index (κ2) is 12.1. The zero-order valence-corrected chi connectivity index (χ0v) is 18.2. The van der Waals surface area contributed by atoms with Gasteiger partial charge in [0.2, 0.25) is 0 Å². The van der Waals surface area contributed by atoms with Gasteiger partial charge in [-0.3, -0.25) is 4.99 Å². The van der Waals surface area contributed by atoms with Crippen LogP contribution in [-0.2, 0) is 22.6 Å². The van der Waals surface area contributed by atoms with Gasteiger partial charge in [0.25, 0.3) is 0 Å². The first kappa shape index (κ1) is 22.7. The molecule has 1 aliphatic rings. The lowest BCUT2D eigenvalue weighted by atomic mass is 9.83.